The summed E-state index contributed by atoms with van der Waals surface area (Å²) in [5.74, 6) is 0.696. The van der Waals surface area contributed by atoms with E-state index in [0.29, 0.717) is 29.4 Å². The van der Waals surface area contributed by atoms with E-state index in [-0.39, 0.29) is 5.57 Å². The minimum atomic E-state index is -0.463. The van der Waals surface area contributed by atoms with Gasteiger partial charge < -0.3 is 14.8 Å². The molecule has 0 fully saturated rings. The van der Waals surface area contributed by atoms with E-state index >= 15 is 0 Å². The monoisotopic (exact) mass is 566 g/mol. The van der Waals surface area contributed by atoms with E-state index in [4.69, 9.17) is 9.47 Å². The number of methoxy groups -OCH3 is 1. The molecule has 0 bridgehead atoms. The molecule has 174 valence electrons. The number of hydrogen-bond donors (Lipinski definition) is 1. The molecule has 3 rings (SSSR count). The fourth-order valence-electron chi connectivity index (χ4n) is 3.60. The Morgan fingerprint density at radius 1 is 1.03 bits per heavy atom. The third kappa shape index (κ3) is 6.39. The molecule has 34 heavy (non-hydrogen) atoms. The molecule has 0 saturated carbocycles. The lowest BCUT2D eigenvalue weighted by Crippen LogP contribution is -2.13. The van der Waals surface area contributed by atoms with E-state index in [2.05, 4.69) is 60.0 Å². The molecule has 0 aliphatic heterocycles. The van der Waals surface area contributed by atoms with Crippen LogP contribution in [0, 0.1) is 42.6 Å². The first-order valence-corrected chi connectivity index (χ1v) is 11.9. The lowest BCUT2D eigenvalue weighted by Gasteiger charge is -2.14. The fraction of sp³-hybridized carbons (Fsp3) is 0.214. The van der Waals surface area contributed by atoms with E-state index in [1.54, 1.807) is 19.3 Å². The molecule has 0 aromatic heterocycles. The summed E-state index contributed by atoms with van der Waals surface area (Å²) in [6.45, 7) is 8.51. The van der Waals surface area contributed by atoms with Crippen LogP contribution in [0.15, 0.2) is 54.1 Å². The van der Waals surface area contributed by atoms with Crippen molar-refractivity contribution < 1.29 is 14.3 Å². The first kappa shape index (κ1) is 25.3. The molecular formula is C28H27IN2O3. The van der Waals surface area contributed by atoms with Gasteiger partial charge in [-0.2, -0.15) is 5.26 Å². The zero-order valence-corrected chi connectivity index (χ0v) is 22.1. The highest BCUT2D eigenvalue weighted by Gasteiger charge is 2.15. The minimum Gasteiger partial charge on any atom is -0.493 e. The minimum absolute atomic E-state index is 0.0000135. The van der Waals surface area contributed by atoms with Gasteiger partial charge in [-0.3, -0.25) is 4.79 Å². The number of nitriles is 1. The van der Waals surface area contributed by atoms with Gasteiger partial charge in [0.05, 0.1) is 10.7 Å². The summed E-state index contributed by atoms with van der Waals surface area (Å²) in [5, 5.41) is 12.4. The molecule has 0 aliphatic carbocycles. The maximum absolute atomic E-state index is 12.7. The van der Waals surface area contributed by atoms with E-state index in [1.807, 2.05) is 44.2 Å². The first-order chi connectivity index (χ1) is 16.2. The van der Waals surface area contributed by atoms with Crippen molar-refractivity contribution in [1.29, 1.82) is 5.26 Å². The second-order valence-corrected chi connectivity index (χ2v) is 9.40. The number of halogens is 1. The summed E-state index contributed by atoms with van der Waals surface area (Å²) in [4.78, 5) is 12.7. The highest BCUT2D eigenvalue weighted by molar-refractivity contribution is 14.1. The Hall–Kier alpha value is -3.31. The van der Waals surface area contributed by atoms with Gasteiger partial charge in [0, 0.05) is 5.69 Å². The Labute approximate surface area is 214 Å². The number of nitrogens with zero attached hydrogens (tertiary/aromatic N) is 1. The van der Waals surface area contributed by atoms with Crippen LogP contribution in [-0.4, -0.2) is 13.0 Å². The molecule has 3 aromatic rings. The number of benzene rings is 3. The van der Waals surface area contributed by atoms with Crippen molar-refractivity contribution in [2.75, 3.05) is 12.4 Å². The summed E-state index contributed by atoms with van der Waals surface area (Å²) >= 11 is 2.17. The van der Waals surface area contributed by atoms with Crippen molar-refractivity contribution in [3.8, 4) is 17.6 Å². The summed E-state index contributed by atoms with van der Waals surface area (Å²) in [7, 11) is 1.57. The highest BCUT2D eigenvalue weighted by atomic mass is 127. The molecule has 5 nitrogen and oxygen atoms in total. The Morgan fingerprint density at radius 2 is 1.74 bits per heavy atom. The molecule has 1 N–H and O–H groups in total. The van der Waals surface area contributed by atoms with Crippen LogP contribution in [0.3, 0.4) is 0 Å². The largest absolute Gasteiger partial charge is 0.493 e. The number of anilines is 1. The van der Waals surface area contributed by atoms with Crippen LogP contribution in [0.2, 0.25) is 0 Å². The number of ether oxygens (including phenoxy) is 2. The smallest absolute Gasteiger partial charge is 0.266 e. The van der Waals surface area contributed by atoms with Crippen LogP contribution >= 0.6 is 22.6 Å². The number of aryl methyl sites for hydroxylation is 4. The quantitative estimate of drug-likeness (QED) is 0.197. The molecule has 3 aromatic carbocycles. The van der Waals surface area contributed by atoms with Gasteiger partial charge in [-0.05, 0) is 103 Å². The predicted octanol–water partition coefficient (Wildman–Crippen LogP) is 6.66. The Morgan fingerprint density at radius 3 is 2.35 bits per heavy atom. The van der Waals surface area contributed by atoms with Crippen LogP contribution in [-0.2, 0) is 11.4 Å². The predicted molar refractivity (Wildman–Crippen MR) is 144 cm³/mol. The number of hydrogen-bond acceptors (Lipinski definition) is 4. The lowest BCUT2D eigenvalue weighted by atomic mass is 10.1. The maximum atomic E-state index is 12.7. The van der Waals surface area contributed by atoms with Gasteiger partial charge in [0.1, 0.15) is 18.2 Å². The van der Waals surface area contributed by atoms with Gasteiger partial charge in [0.25, 0.3) is 5.91 Å². The molecule has 0 radical (unpaired) electrons. The molecule has 0 saturated heterocycles. The van der Waals surface area contributed by atoms with Crippen LogP contribution in [0.25, 0.3) is 6.08 Å². The molecule has 1 amide bonds. The average Bonchev–Trinajstić information content (AvgIpc) is 2.78. The van der Waals surface area contributed by atoms with Crippen molar-refractivity contribution in [3.63, 3.8) is 0 Å². The van der Waals surface area contributed by atoms with Crippen LogP contribution in [0.1, 0.15) is 33.4 Å². The third-order valence-corrected chi connectivity index (χ3v) is 6.16. The normalized spacial score (nSPS) is 11.0. The maximum Gasteiger partial charge on any atom is 0.266 e. The fourth-order valence-corrected chi connectivity index (χ4v) is 4.38. The number of amides is 1. The van der Waals surface area contributed by atoms with Gasteiger partial charge in [-0.25, -0.2) is 0 Å². The molecule has 6 heteroatoms. The number of rotatable bonds is 7. The standard InChI is InChI=1S/C28H27IN2O3/c1-17-8-18(2)10-22(9-17)16-34-27-25(29)13-21(14-26(27)33-5)12-23(15-30)28(32)31-24-7-6-19(3)20(4)11-24/h6-14H,16H2,1-5H3,(H,31,32)/b23-12+. The van der Waals surface area contributed by atoms with Crippen molar-refractivity contribution in [2.45, 2.75) is 34.3 Å². The second-order valence-electron chi connectivity index (χ2n) is 8.24. The van der Waals surface area contributed by atoms with E-state index in [1.165, 1.54) is 11.1 Å². The van der Waals surface area contributed by atoms with Gasteiger partial charge >= 0.3 is 0 Å². The highest BCUT2D eigenvalue weighted by Crippen LogP contribution is 2.35. The Balaban J connectivity index is 1.82. The Bertz CT molecular complexity index is 1290. The Kier molecular flexibility index (Phi) is 8.35. The molecule has 0 unspecified atom stereocenters. The first-order valence-electron chi connectivity index (χ1n) is 10.8. The topological polar surface area (TPSA) is 71.3 Å². The molecule has 0 aliphatic rings. The second kappa shape index (κ2) is 11.2. The van der Waals surface area contributed by atoms with E-state index in [9.17, 15) is 10.1 Å². The zero-order chi connectivity index (χ0) is 24.8. The summed E-state index contributed by atoms with van der Waals surface area (Å²) in [6.07, 6.45) is 1.55. The van der Waals surface area contributed by atoms with Crippen molar-refractivity contribution >= 4 is 40.3 Å². The number of carbonyl (C=O) groups is 1. The number of carbonyl (C=O) groups excluding carboxylic acids is 1. The van der Waals surface area contributed by atoms with Crippen LogP contribution < -0.4 is 14.8 Å². The lowest BCUT2D eigenvalue weighted by molar-refractivity contribution is -0.112. The van der Waals surface area contributed by atoms with Crippen LogP contribution in [0.5, 0.6) is 11.5 Å². The van der Waals surface area contributed by atoms with Crippen molar-refractivity contribution in [1.82, 2.24) is 0 Å². The van der Waals surface area contributed by atoms with Gasteiger partial charge in [-0.1, -0.05) is 35.4 Å². The molecule has 0 heterocycles. The van der Waals surface area contributed by atoms with Gasteiger partial charge in [0.2, 0.25) is 0 Å². The third-order valence-electron chi connectivity index (χ3n) is 5.36. The summed E-state index contributed by atoms with van der Waals surface area (Å²) in [6, 6.07) is 17.6. The molecule has 0 atom stereocenters. The summed E-state index contributed by atoms with van der Waals surface area (Å²) < 4.78 is 12.5. The SMILES string of the molecule is COc1cc(/C=C(\C#N)C(=O)Nc2ccc(C)c(C)c2)cc(I)c1OCc1cc(C)cc(C)c1. The van der Waals surface area contributed by atoms with Gasteiger partial charge in [-0.15, -0.1) is 0 Å². The van der Waals surface area contributed by atoms with Gasteiger partial charge in [0.15, 0.2) is 11.5 Å². The molecular weight excluding hydrogens is 539 g/mol. The van der Waals surface area contributed by atoms with Crippen molar-refractivity contribution in [3.05, 3.63) is 91.1 Å². The van der Waals surface area contributed by atoms with Crippen LogP contribution in [0.4, 0.5) is 5.69 Å². The average molecular weight is 566 g/mol. The molecule has 0 spiro atoms. The van der Waals surface area contributed by atoms with Crippen molar-refractivity contribution in [2.24, 2.45) is 0 Å². The van der Waals surface area contributed by atoms with E-state index in [0.717, 1.165) is 20.3 Å². The summed E-state index contributed by atoms with van der Waals surface area (Å²) in [5.41, 5.74) is 6.97. The zero-order valence-electron chi connectivity index (χ0n) is 20.0. The number of nitrogens with one attached hydrogen (secondary N) is 1. The van der Waals surface area contributed by atoms with E-state index < -0.39 is 5.91 Å².